The van der Waals surface area contributed by atoms with E-state index in [2.05, 4.69) is 4.72 Å². The highest BCUT2D eigenvalue weighted by Crippen LogP contribution is 2.21. The fourth-order valence-electron chi connectivity index (χ4n) is 2.35. The van der Waals surface area contributed by atoms with E-state index in [9.17, 15) is 18.3 Å². The monoisotopic (exact) mass is 347 g/mol. The van der Waals surface area contributed by atoms with Crippen LogP contribution in [0.25, 0.3) is 11.1 Å². The third-order valence-electron chi connectivity index (χ3n) is 3.71. The quantitative estimate of drug-likeness (QED) is 0.767. The van der Waals surface area contributed by atoms with Crippen molar-refractivity contribution < 1.29 is 18.3 Å². The van der Waals surface area contributed by atoms with Gasteiger partial charge in [0.1, 0.15) is 6.04 Å². The average molecular weight is 347 g/mol. The van der Waals surface area contributed by atoms with Crippen LogP contribution in [0.1, 0.15) is 26.2 Å². The van der Waals surface area contributed by atoms with Crippen LogP contribution in [0, 0.1) is 0 Å². The van der Waals surface area contributed by atoms with E-state index >= 15 is 0 Å². The van der Waals surface area contributed by atoms with Crippen LogP contribution >= 0.6 is 0 Å². The smallest absolute Gasteiger partial charge is 0.321 e. The van der Waals surface area contributed by atoms with E-state index in [-0.39, 0.29) is 11.3 Å². The summed E-state index contributed by atoms with van der Waals surface area (Å²) in [5, 5.41) is 9.18. The number of hydrogen-bond donors (Lipinski definition) is 2. The molecule has 0 aromatic heterocycles. The van der Waals surface area contributed by atoms with Crippen LogP contribution in [0.5, 0.6) is 0 Å². The standard InChI is InChI=1S/C18H21NO4S/c1-2-3-9-17(18(20)21)19-24(22,23)16-12-10-15(11-13-16)14-7-5-4-6-8-14/h4-8,10-13,17,19H,2-3,9H2,1H3,(H,20,21). The molecule has 2 N–H and O–H groups in total. The second-order valence-electron chi connectivity index (χ2n) is 5.54. The molecule has 0 amide bonds. The Morgan fingerprint density at radius 1 is 1.04 bits per heavy atom. The lowest BCUT2D eigenvalue weighted by molar-refractivity contribution is -0.139. The summed E-state index contributed by atoms with van der Waals surface area (Å²) in [6.07, 6.45) is 1.72. The first-order valence-electron chi connectivity index (χ1n) is 7.84. The van der Waals surface area contributed by atoms with E-state index in [4.69, 9.17) is 0 Å². The van der Waals surface area contributed by atoms with Gasteiger partial charge in [-0.25, -0.2) is 8.42 Å². The van der Waals surface area contributed by atoms with Crippen LogP contribution in [0.2, 0.25) is 0 Å². The van der Waals surface area contributed by atoms with E-state index in [0.29, 0.717) is 6.42 Å². The third kappa shape index (κ3) is 4.66. The largest absolute Gasteiger partial charge is 0.480 e. The van der Waals surface area contributed by atoms with Gasteiger partial charge in [0.25, 0.3) is 0 Å². The Morgan fingerprint density at radius 3 is 2.17 bits per heavy atom. The van der Waals surface area contributed by atoms with Crippen molar-refractivity contribution in [1.82, 2.24) is 4.72 Å². The van der Waals surface area contributed by atoms with Gasteiger partial charge in [0.2, 0.25) is 10.0 Å². The summed E-state index contributed by atoms with van der Waals surface area (Å²) in [4.78, 5) is 11.3. The Morgan fingerprint density at radius 2 is 1.62 bits per heavy atom. The number of aliphatic carboxylic acids is 1. The van der Waals surface area contributed by atoms with Crippen LogP contribution < -0.4 is 4.72 Å². The molecule has 0 aliphatic rings. The van der Waals surface area contributed by atoms with Crippen LogP contribution in [-0.4, -0.2) is 25.5 Å². The maximum absolute atomic E-state index is 12.4. The molecule has 0 radical (unpaired) electrons. The number of sulfonamides is 1. The number of carboxylic acids is 1. The molecule has 5 nitrogen and oxygen atoms in total. The molecular weight excluding hydrogens is 326 g/mol. The SMILES string of the molecule is CCCCC(NS(=O)(=O)c1ccc(-c2ccccc2)cc1)C(=O)O. The summed E-state index contributed by atoms with van der Waals surface area (Å²) >= 11 is 0. The Bertz CT molecular complexity index is 770. The lowest BCUT2D eigenvalue weighted by atomic mass is 10.1. The van der Waals surface area contributed by atoms with Gasteiger partial charge >= 0.3 is 5.97 Å². The summed E-state index contributed by atoms with van der Waals surface area (Å²) < 4.78 is 27.0. The van der Waals surface area contributed by atoms with Crippen LogP contribution in [0.4, 0.5) is 0 Å². The molecule has 0 spiro atoms. The summed E-state index contributed by atoms with van der Waals surface area (Å²) in [6, 6.07) is 14.9. The van der Waals surface area contributed by atoms with Gasteiger partial charge in [-0.1, -0.05) is 62.2 Å². The molecule has 1 atom stereocenters. The molecule has 0 heterocycles. The molecule has 2 aromatic rings. The molecule has 0 saturated heterocycles. The minimum atomic E-state index is -3.86. The maximum atomic E-state index is 12.4. The molecule has 24 heavy (non-hydrogen) atoms. The van der Waals surface area contributed by atoms with Gasteiger partial charge in [-0.05, 0) is 29.7 Å². The van der Waals surface area contributed by atoms with Crippen LogP contribution in [-0.2, 0) is 14.8 Å². The van der Waals surface area contributed by atoms with E-state index in [1.165, 1.54) is 12.1 Å². The van der Waals surface area contributed by atoms with Crippen molar-refractivity contribution in [1.29, 1.82) is 0 Å². The molecule has 1 unspecified atom stereocenters. The molecule has 6 heteroatoms. The molecule has 0 fully saturated rings. The zero-order chi connectivity index (χ0) is 17.6. The Labute approximate surface area is 142 Å². The van der Waals surface area contributed by atoms with Crippen LogP contribution in [0.15, 0.2) is 59.5 Å². The molecule has 0 saturated carbocycles. The fraction of sp³-hybridized carbons (Fsp3) is 0.278. The number of benzene rings is 2. The topological polar surface area (TPSA) is 83.5 Å². The Hall–Kier alpha value is -2.18. The van der Waals surface area contributed by atoms with Crippen molar-refractivity contribution in [2.45, 2.75) is 37.1 Å². The zero-order valence-electron chi connectivity index (χ0n) is 13.5. The maximum Gasteiger partial charge on any atom is 0.321 e. The molecular formula is C18H21NO4S. The van der Waals surface area contributed by atoms with Gasteiger partial charge in [-0.15, -0.1) is 0 Å². The minimum absolute atomic E-state index is 0.0601. The first kappa shape index (κ1) is 18.2. The van der Waals surface area contributed by atoms with E-state index in [0.717, 1.165) is 17.5 Å². The summed E-state index contributed by atoms with van der Waals surface area (Å²) in [5.74, 6) is -1.16. The normalized spacial score (nSPS) is 12.7. The third-order valence-corrected chi connectivity index (χ3v) is 5.20. The van der Waals surface area contributed by atoms with Crippen LogP contribution in [0.3, 0.4) is 0 Å². The molecule has 0 aliphatic carbocycles. The van der Waals surface area contributed by atoms with E-state index in [1.807, 2.05) is 37.3 Å². The van der Waals surface area contributed by atoms with Gasteiger partial charge in [0.15, 0.2) is 0 Å². The first-order chi connectivity index (χ1) is 11.4. The number of nitrogens with one attached hydrogen (secondary N) is 1. The van der Waals surface area contributed by atoms with Crippen molar-refractivity contribution in [2.24, 2.45) is 0 Å². The Kier molecular flexibility index (Phi) is 6.11. The lowest BCUT2D eigenvalue weighted by Crippen LogP contribution is -2.40. The van der Waals surface area contributed by atoms with Crippen molar-refractivity contribution in [3.05, 3.63) is 54.6 Å². The van der Waals surface area contributed by atoms with Gasteiger partial charge < -0.3 is 5.11 Å². The predicted molar refractivity (Wildman–Crippen MR) is 93.1 cm³/mol. The van der Waals surface area contributed by atoms with Crippen molar-refractivity contribution >= 4 is 16.0 Å². The number of rotatable bonds is 8. The summed E-state index contributed by atoms with van der Waals surface area (Å²) in [5.41, 5.74) is 1.89. The lowest BCUT2D eigenvalue weighted by Gasteiger charge is -2.14. The highest BCUT2D eigenvalue weighted by atomic mass is 32.2. The van der Waals surface area contributed by atoms with Gasteiger partial charge in [0.05, 0.1) is 4.90 Å². The second-order valence-corrected chi connectivity index (χ2v) is 7.26. The predicted octanol–water partition coefficient (Wildman–Crippen LogP) is 3.28. The van der Waals surface area contributed by atoms with Crippen molar-refractivity contribution in [2.75, 3.05) is 0 Å². The van der Waals surface area contributed by atoms with Crippen molar-refractivity contribution in [3.63, 3.8) is 0 Å². The summed E-state index contributed by atoms with van der Waals surface area (Å²) in [7, 11) is -3.86. The number of carbonyl (C=O) groups is 1. The number of hydrogen-bond acceptors (Lipinski definition) is 3. The number of unbranched alkanes of at least 4 members (excludes halogenated alkanes) is 1. The van der Waals surface area contributed by atoms with Gasteiger partial charge in [-0.3, -0.25) is 4.79 Å². The summed E-state index contributed by atoms with van der Waals surface area (Å²) in [6.45, 7) is 1.93. The molecule has 2 aromatic carbocycles. The van der Waals surface area contributed by atoms with Gasteiger partial charge in [0, 0.05) is 0 Å². The Balaban J connectivity index is 2.18. The second kappa shape index (κ2) is 8.08. The minimum Gasteiger partial charge on any atom is -0.480 e. The molecule has 128 valence electrons. The highest BCUT2D eigenvalue weighted by Gasteiger charge is 2.24. The molecule has 2 rings (SSSR count). The van der Waals surface area contributed by atoms with E-state index < -0.39 is 22.0 Å². The van der Waals surface area contributed by atoms with E-state index in [1.54, 1.807) is 12.1 Å². The molecule has 0 aliphatic heterocycles. The first-order valence-corrected chi connectivity index (χ1v) is 9.33. The average Bonchev–Trinajstić information content (AvgIpc) is 2.59. The fourth-order valence-corrected chi connectivity index (χ4v) is 3.58. The van der Waals surface area contributed by atoms with Crippen molar-refractivity contribution in [3.8, 4) is 11.1 Å². The highest BCUT2D eigenvalue weighted by molar-refractivity contribution is 7.89. The number of carboxylic acid groups (broad SMARTS) is 1. The van der Waals surface area contributed by atoms with Gasteiger partial charge in [-0.2, -0.15) is 4.72 Å². The zero-order valence-corrected chi connectivity index (χ0v) is 14.3. The molecule has 0 bridgehead atoms.